The normalized spacial score (nSPS) is 11.5. The molecule has 0 aliphatic heterocycles. The minimum absolute atomic E-state index is 0.244. The summed E-state index contributed by atoms with van der Waals surface area (Å²) in [6.45, 7) is 0. The van der Waals surface area contributed by atoms with Crippen molar-refractivity contribution < 1.29 is 18.0 Å². The number of rotatable bonds is 5. The smallest absolute Gasteiger partial charge is 0.297 e. The van der Waals surface area contributed by atoms with Crippen LogP contribution in [0.1, 0.15) is 22.6 Å². The van der Waals surface area contributed by atoms with Gasteiger partial charge in [-0.1, -0.05) is 11.8 Å². The molecule has 21 heavy (non-hydrogen) atoms. The first-order valence-corrected chi connectivity index (χ1v) is 6.67. The van der Waals surface area contributed by atoms with Gasteiger partial charge in [-0.15, -0.1) is 10.2 Å². The van der Waals surface area contributed by atoms with E-state index in [-0.39, 0.29) is 10.9 Å². The van der Waals surface area contributed by atoms with Gasteiger partial charge in [0.2, 0.25) is 5.82 Å². The number of halogens is 3. The highest BCUT2D eigenvalue weighted by Crippen LogP contribution is 2.22. The van der Waals surface area contributed by atoms with Crippen molar-refractivity contribution in [3.63, 3.8) is 0 Å². The average Bonchev–Trinajstić information content (AvgIpc) is 2.81. The van der Waals surface area contributed by atoms with Crippen LogP contribution in [0.5, 0.6) is 0 Å². The molecular weight excluding hydrogens is 303 g/mol. The van der Waals surface area contributed by atoms with Crippen LogP contribution in [0, 0.1) is 5.82 Å². The zero-order valence-electron chi connectivity index (χ0n) is 10.8. The first kappa shape index (κ1) is 15.3. The molecule has 0 aliphatic rings. The summed E-state index contributed by atoms with van der Waals surface area (Å²) in [4.78, 5) is 11.8. The van der Waals surface area contributed by atoms with Crippen LogP contribution < -0.4 is 0 Å². The molecule has 0 spiro atoms. The van der Waals surface area contributed by atoms with Gasteiger partial charge >= 0.3 is 0 Å². The second-order valence-corrected chi connectivity index (χ2v) is 4.87. The van der Waals surface area contributed by atoms with Crippen LogP contribution in [0.3, 0.4) is 0 Å². The Morgan fingerprint density at radius 2 is 1.95 bits per heavy atom. The molecular formula is C13H10F3N3OS. The third kappa shape index (κ3) is 3.72. The summed E-state index contributed by atoms with van der Waals surface area (Å²) >= 11 is 0.992. The fourth-order valence-electron chi connectivity index (χ4n) is 1.49. The van der Waals surface area contributed by atoms with Gasteiger partial charge in [0, 0.05) is 12.6 Å². The Kier molecular flexibility index (Phi) is 4.79. The lowest BCUT2D eigenvalue weighted by atomic mass is 10.1. The zero-order chi connectivity index (χ0) is 15.4. The number of thioether (sulfide) groups is 1. The van der Waals surface area contributed by atoms with Gasteiger partial charge in [0.15, 0.2) is 10.9 Å². The van der Waals surface area contributed by atoms with Crippen LogP contribution in [0.4, 0.5) is 13.2 Å². The molecule has 2 rings (SSSR count). The van der Waals surface area contributed by atoms with Crippen molar-refractivity contribution in [3.05, 3.63) is 53.0 Å². The molecule has 0 saturated carbocycles. The molecule has 1 aromatic heterocycles. The molecule has 0 amide bonds. The molecule has 4 nitrogen and oxygen atoms in total. The van der Waals surface area contributed by atoms with Gasteiger partial charge < -0.3 is 4.57 Å². The molecule has 0 saturated heterocycles. The largest absolute Gasteiger partial charge is 0.304 e. The Bertz CT molecular complexity index is 668. The summed E-state index contributed by atoms with van der Waals surface area (Å²) in [6, 6.07) is 5.10. The maximum atomic E-state index is 12.7. The predicted molar refractivity (Wildman–Crippen MR) is 71.7 cm³/mol. The monoisotopic (exact) mass is 313 g/mol. The van der Waals surface area contributed by atoms with Crippen molar-refractivity contribution in [2.75, 3.05) is 0 Å². The molecule has 1 heterocycles. The number of carbonyl (C=O) groups is 1. The summed E-state index contributed by atoms with van der Waals surface area (Å²) < 4.78 is 38.9. The standard InChI is InChI=1S/C13H10F3N3OS/c1-19-12(11(15)16)17-18-13(19)21-7-6-10(20)8-2-4-9(14)5-3-8/h2-7,11H,1H3/b7-6+. The van der Waals surface area contributed by atoms with Gasteiger partial charge in [0.1, 0.15) is 5.82 Å². The fourth-order valence-corrected chi connectivity index (χ4v) is 2.14. The van der Waals surface area contributed by atoms with E-state index in [0.717, 1.165) is 16.3 Å². The van der Waals surface area contributed by atoms with E-state index in [1.54, 1.807) is 0 Å². The summed E-state index contributed by atoms with van der Waals surface area (Å²) in [7, 11) is 1.42. The molecule has 110 valence electrons. The fraction of sp³-hybridized carbons (Fsp3) is 0.154. The number of benzene rings is 1. The van der Waals surface area contributed by atoms with Crippen molar-refractivity contribution in [1.82, 2.24) is 14.8 Å². The average molecular weight is 313 g/mol. The van der Waals surface area contributed by atoms with Crippen LogP contribution in [-0.4, -0.2) is 20.5 Å². The molecule has 8 heteroatoms. The quantitative estimate of drug-likeness (QED) is 0.482. The van der Waals surface area contributed by atoms with E-state index in [4.69, 9.17) is 0 Å². The van der Waals surface area contributed by atoms with E-state index < -0.39 is 18.1 Å². The lowest BCUT2D eigenvalue weighted by Gasteiger charge is -1.99. The third-order valence-electron chi connectivity index (χ3n) is 2.59. The number of aromatic nitrogens is 3. The van der Waals surface area contributed by atoms with Gasteiger partial charge in [-0.3, -0.25) is 4.79 Å². The Morgan fingerprint density at radius 1 is 1.29 bits per heavy atom. The number of hydrogen-bond acceptors (Lipinski definition) is 4. The van der Waals surface area contributed by atoms with Crippen LogP contribution in [-0.2, 0) is 7.05 Å². The molecule has 0 N–H and O–H groups in total. The van der Waals surface area contributed by atoms with Crippen molar-refractivity contribution in [2.24, 2.45) is 7.05 Å². The minimum Gasteiger partial charge on any atom is -0.304 e. The first-order valence-electron chi connectivity index (χ1n) is 5.79. The summed E-state index contributed by atoms with van der Waals surface area (Å²) in [5.74, 6) is -1.18. The Labute approximate surface area is 122 Å². The van der Waals surface area contributed by atoms with E-state index in [1.165, 1.54) is 42.8 Å². The minimum atomic E-state index is -2.71. The lowest BCUT2D eigenvalue weighted by molar-refractivity contribution is 0.104. The number of ketones is 1. The van der Waals surface area contributed by atoms with Gasteiger partial charge in [0.25, 0.3) is 6.43 Å². The topological polar surface area (TPSA) is 47.8 Å². The highest BCUT2D eigenvalue weighted by Gasteiger charge is 2.17. The maximum absolute atomic E-state index is 12.7. The summed E-state index contributed by atoms with van der Waals surface area (Å²) in [5.41, 5.74) is 0.333. The Balaban J connectivity index is 2.02. The third-order valence-corrected chi connectivity index (χ3v) is 3.42. The lowest BCUT2D eigenvalue weighted by Crippen LogP contribution is -1.98. The Hall–Kier alpha value is -2.09. The van der Waals surface area contributed by atoms with Crippen LogP contribution in [0.25, 0.3) is 0 Å². The molecule has 1 aromatic carbocycles. The summed E-state index contributed by atoms with van der Waals surface area (Å²) in [5, 5.41) is 8.63. The van der Waals surface area contributed by atoms with Crippen molar-refractivity contribution >= 4 is 17.5 Å². The molecule has 0 fully saturated rings. The van der Waals surface area contributed by atoms with Gasteiger partial charge in [-0.2, -0.15) is 0 Å². The number of alkyl halides is 2. The molecule has 0 atom stereocenters. The number of nitrogens with zero attached hydrogens (tertiary/aromatic N) is 3. The van der Waals surface area contributed by atoms with Gasteiger partial charge in [0.05, 0.1) is 0 Å². The second kappa shape index (κ2) is 6.57. The van der Waals surface area contributed by atoms with Gasteiger partial charge in [-0.25, -0.2) is 13.2 Å². The van der Waals surface area contributed by atoms with Crippen molar-refractivity contribution in [2.45, 2.75) is 11.6 Å². The van der Waals surface area contributed by atoms with E-state index in [0.29, 0.717) is 5.56 Å². The number of hydrogen-bond donors (Lipinski definition) is 0. The molecule has 0 aliphatic carbocycles. The van der Waals surface area contributed by atoms with Crippen LogP contribution >= 0.6 is 11.8 Å². The maximum Gasteiger partial charge on any atom is 0.297 e. The van der Waals surface area contributed by atoms with Crippen LogP contribution in [0.15, 0.2) is 40.9 Å². The second-order valence-electron chi connectivity index (χ2n) is 3.99. The highest BCUT2D eigenvalue weighted by atomic mass is 32.2. The van der Waals surface area contributed by atoms with Crippen molar-refractivity contribution in [1.29, 1.82) is 0 Å². The highest BCUT2D eigenvalue weighted by molar-refractivity contribution is 8.02. The Morgan fingerprint density at radius 3 is 2.52 bits per heavy atom. The number of allylic oxidation sites excluding steroid dienone is 1. The molecule has 0 unspecified atom stereocenters. The van der Waals surface area contributed by atoms with Crippen LogP contribution in [0.2, 0.25) is 0 Å². The number of carbonyl (C=O) groups excluding carboxylic acids is 1. The van der Waals surface area contributed by atoms with E-state index in [9.17, 15) is 18.0 Å². The summed E-state index contributed by atoms with van der Waals surface area (Å²) in [6.07, 6.45) is -1.45. The van der Waals surface area contributed by atoms with E-state index >= 15 is 0 Å². The first-order chi connectivity index (χ1) is 9.99. The van der Waals surface area contributed by atoms with Crippen molar-refractivity contribution in [3.8, 4) is 0 Å². The molecule has 0 bridgehead atoms. The van der Waals surface area contributed by atoms with Gasteiger partial charge in [-0.05, 0) is 35.7 Å². The zero-order valence-corrected chi connectivity index (χ0v) is 11.6. The molecule has 0 radical (unpaired) electrons. The predicted octanol–water partition coefficient (Wildman–Crippen LogP) is 3.38. The van der Waals surface area contributed by atoms with E-state index in [1.807, 2.05) is 0 Å². The molecule has 2 aromatic rings. The van der Waals surface area contributed by atoms with E-state index in [2.05, 4.69) is 10.2 Å². The SMILES string of the molecule is Cn1c(S/C=C/C(=O)c2ccc(F)cc2)nnc1C(F)F.